The maximum absolute atomic E-state index is 12.4. The van der Waals surface area contributed by atoms with Crippen LogP contribution in [0.2, 0.25) is 0 Å². The minimum atomic E-state index is -0.223. The van der Waals surface area contributed by atoms with E-state index < -0.39 is 0 Å². The Hall–Kier alpha value is -3.02. The summed E-state index contributed by atoms with van der Waals surface area (Å²) in [6.45, 7) is 2.74. The number of carbonyl (C=O) groups excluding carboxylic acids is 1. The van der Waals surface area contributed by atoms with Crippen molar-refractivity contribution in [3.63, 3.8) is 0 Å². The van der Waals surface area contributed by atoms with Crippen LogP contribution in [0.15, 0.2) is 61.3 Å². The molecule has 0 aliphatic heterocycles. The Balaban J connectivity index is 1.75. The van der Waals surface area contributed by atoms with Crippen LogP contribution < -0.4 is 5.32 Å². The highest BCUT2D eigenvalue weighted by Gasteiger charge is 2.17. The predicted octanol–water partition coefficient (Wildman–Crippen LogP) is 2.54. The average Bonchev–Trinajstić information content (AvgIpc) is 3.05. The van der Waals surface area contributed by atoms with Gasteiger partial charge in [0.15, 0.2) is 0 Å². The highest BCUT2D eigenvalue weighted by molar-refractivity contribution is 5.92. The van der Waals surface area contributed by atoms with Gasteiger partial charge in [-0.15, -0.1) is 0 Å². The first-order valence-corrected chi connectivity index (χ1v) is 7.83. The number of amides is 1. The monoisotopic (exact) mass is 321 g/mol. The molecule has 2 heterocycles. The second kappa shape index (κ2) is 7.50. The van der Waals surface area contributed by atoms with Gasteiger partial charge in [0.1, 0.15) is 11.5 Å². The Morgan fingerprint density at radius 3 is 2.67 bits per heavy atom. The molecule has 0 saturated heterocycles. The average molecular weight is 321 g/mol. The summed E-state index contributed by atoms with van der Waals surface area (Å²) in [5, 5.41) is 3.06. The number of nitrogens with zero attached hydrogens (tertiary/aromatic N) is 4. The second-order valence-corrected chi connectivity index (χ2v) is 5.48. The number of aromatic nitrogens is 4. The first-order chi connectivity index (χ1) is 11.7. The van der Waals surface area contributed by atoms with Crippen LogP contribution >= 0.6 is 0 Å². The van der Waals surface area contributed by atoms with Crippen LogP contribution in [0.1, 0.15) is 34.3 Å². The van der Waals surface area contributed by atoms with Gasteiger partial charge in [-0.3, -0.25) is 9.78 Å². The molecule has 0 radical (unpaired) electrons. The number of hydrogen-bond donors (Lipinski definition) is 1. The summed E-state index contributed by atoms with van der Waals surface area (Å²) >= 11 is 0. The first-order valence-electron chi connectivity index (χ1n) is 7.83. The number of benzene rings is 1. The van der Waals surface area contributed by atoms with Gasteiger partial charge in [-0.1, -0.05) is 30.3 Å². The molecule has 1 atom stereocenters. The van der Waals surface area contributed by atoms with Crippen molar-refractivity contribution < 1.29 is 4.79 Å². The number of carbonyl (C=O) groups is 1. The van der Waals surface area contributed by atoms with Gasteiger partial charge in [0.05, 0.1) is 12.2 Å². The second-order valence-electron chi connectivity index (χ2n) is 5.48. The van der Waals surface area contributed by atoms with Gasteiger partial charge in [0.2, 0.25) is 0 Å². The van der Waals surface area contributed by atoms with Gasteiger partial charge in [-0.2, -0.15) is 0 Å². The Labute approximate surface area is 140 Å². The predicted molar refractivity (Wildman–Crippen MR) is 90.3 cm³/mol. The third kappa shape index (κ3) is 3.84. The minimum absolute atomic E-state index is 0.109. The van der Waals surface area contributed by atoms with Gasteiger partial charge >= 0.3 is 0 Å². The van der Waals surface area contributed by atoms with Crippen molar-refractivity contribution in [3.8, 4) is 0 Å². The Morgan fingerprint density at radius 2 is 2.00 bits per heavy atom. The van der Waals surface area contributed by atoms with Crippen LogP contribution in [0.5, 0.6) is 0 Å². The molecule has 0 unspecified atom stereocenters. The lowest BCUT2D eigenvalue weighted by Crippen LogP contribution is -2.30. The quantitative estimate of drug-likeness (QED) is 0.757. The number of rotatable bonds is 6. The molecule has 6 nitrogen and oxygen atoms in total. The van der Waals surface area contributed by atoms with Crippen molar-refractivity contribution in [1.82, 2.24) is 24.8 Å². The van der Waals surface area contributed by atoms with Crippen molar-refractivity contribution in [1.29, 1.82) is 0 Å². The summed E-state index contributed by atoms with van der Waals surface area (Å²) < 4.78 is 2.07. The number of nitrogens with one attached hydrogen (secondary N) is 1. The molecule has 0 bridgehead atoms. The first kappa shape index (κ1) is 15.9. The molecule has 6 heteroatoms. The smallest absolute Gasteiger partial charge is 0.271 e. The highest BCUT2D eigenvalue weighted by atomic mass is 16.1. The van der Waals surface area contributed by atoms with Crippen molar-refractivity contribution in [2.75, 3.05) is 0 Å². The van der Waals surface area contributed by atoms with Crippen LogP contribution in [0.25, 0.3) is 0 Å². The van der Waals surface area contributed by atoms with E-state index in [0.29, 0.717) is 5.69 Å². The standard InChI is InChI=1S/C18H19N5O/c1-14-20-10-12-23(14)11-7-16(15-5-3-2-4-6-15)22-18(24)17-13-19-8-9-21-17/h2-6,8-10,12-13,16H,7,11H2,1H3,(H,22,24)/t16-/m1/s1. The van der Waals surface area contributed by atoms with Crippen molar-refractivity contribution in [2.45, 2.75) is 25.9 Å². The van der Waals surface area contributed by atoms with Crippen molar-refractivity contribution in [2.24, 2.45) is 0 Å². The molecule has 1 aromatic carbocycles. The van der Waals surface area contributed by atoms with Crippen LogP contribution in [0.4, 0.5) is 0 Å². The van der Waals surface area contributed by atoms with Crippen molar-refractivity contribution >= 4 is 5.91 Å². The topological polar surface area (TPSA) is 72.7 Å². The van der Waals surface area contributed by atoms with E-state index in [1.807, 2.05) is 43.5 Å². The molecule has 3 aromatic rings. The summed E-state index contributed by atoms with van der Waals surface area (Å²) in [6.07, 6.45) is 9.02. The zero-order chi connectivity index (χ0) is 16.8. The highest BCUT2D eigenvalue weighted by Crippen LogP contribution is 2.18. The van der Waals surface area contributed by atoms with Gasteiger partial charge in [-0.05, 0) is 18.9 Å². The lowest BCUT2D eigenvalue weighted by molar-refractivity contribution is 0.0928. The molecule has 0 fully saturated rings. The van der Waals surface area contributed by atoms with Crippen LogP contribution in [-0.2, 0) is 6.54 Å². The van der Waals surface area contributed by atoms with E-state index in [1.165, 1.54) is 12.4 Å². The fourth-order valence-electron chi connectivity index (χ4n) is 2.56. The molecule has 0 aliphatic carbocycles. The van der Waals surface area contributed by atoms with Gasteiger partial charge in [-0.25, -0.2) is 9.97 Å². The minimum Gasteiger partial charge on any atom is -0.344 e. The zero-order valence-corrected chi connectivity index (χ0v) is 13.5. The third-order valence-electron chi connectivity index (χ3n) is 3.89. The zero-order valence-electron chi connectivity index (χ0n) is 13.5. The molecular formula is C18H19N5O. The molecule has 2 aromatic heterocycles. The van der Waals surface area contributed by atoms with E-state index in [-0.39, 0.29) is 11.9 Å². The molecule has 24 heavy (non-hydrogen) atoms. The van der Waals surface area contributed by atoms with E-state index in [1.54, 1.807) is 12.4 Å². The maximum Gasteiger partial charge on any atom is 0.271 e. The maximum atomic E-state index is 12.4. The lowest BCUT2D eigenvalue weighted by Gasteiger charge is -2.19. The van der Waals surface area contributed by atoms with Gasteiger partial charge < -0.3 is 9.88 Å². The van der Waals surface area contributed by atoms with E-state index in [2.05, 4.69) is 24.8 Å². The molecule has 122 valence electrons. The van der Waals surface area contributed by atoms with E-state index in [9.17, 15) is 4.79 Å². The van der Waals surface area contributed by atoms with Crippen LogP contribution in [0, 0.1) is 6.92 Å². The Kier molecular flexibility index (Phi) is 4.96. The van der Waals surface area contributed by atoms with Crippen molar-refractivity contribution in [3.05, 3.63) is 78.4 Å². The fourth-order valence-corrected chi connectivity index (χ4v) is 2.56. The van der Waals surface area contributed by atoms with Crippen LogP contribution in [-0.4, -0.2) is 25.4 Å². The molecule has 0 aliphatic rings. The number of aryl methyl sites for hydroxylation is 2. The Bertz CT molecular complexity index is 785. The fraction of sp³-hybridized carbons (Fsp3) is 0.222. The molecule has 0 saturated carbocycles. The molecule has 1 N–H and O–H groups in total. The molecule has 0 spiro atoms. The summed E-state index contributed by atoms with van der Waals surface area (Å²) in [4.78, 5) is 24.7. The number of imidazole rings is 1. The lowest BCUT2D eigenvalue weighted by atomic mass is 10.0. The van der Waals surface area contributed by atoms with Crippen LogP contribution in [0.3, 0.4) is 0 Å². The third-order valence-corrected chi connectivity index (χ3v) is 3.89. The largest absolute Gasteiger partial charge is 0.344 e. The SMILES string of the molecule is Cc1nccn1CC[C@@H](NC(=O)c1cnccn1)c1ccccc1. The summed E-state index contributed by atoms with van der Waals surface area (Å²) in [6, 6.07) is 9.83. The van der Waals surface area contributed by atoms with Gasteiger partial charge in [0, 0.05) is 31.3 Å². The molecule has 1 amide bonds. The molecular weight excluding hydrogens is 302 g/mol. The normalized spacial score (nSPS) is 11.9. The van der Waals surface area contributed by atoms with E-state index in [0.717, 1.165) is 24.4 Å². The van der Waals surface area contributed by atoms with Gasteiger partial charge in [0.25, 0.3) is 5.91 Å². The van der Waals surface area contributed by atoms with E-state index >= 15 is 0 Å². The number of hydrogen-bond acceptors (Lipinski definition) is 4. The summed E-state index contributed by atoms with van der Waals surface area (Å²) in [5.41, 5.74) is 1.38. The molecule has 3 rings (SSSR count). The summed E-state index contributed by atoms with van der Waals surface area (Å²) in [7, 11) is 0. The Morgan fingerprint density at radius 1 is 1.17 bits per heavy atom. The van der Waals surface area contributed by atoms with E-state index in [4.69, 9.17) is 0 Å². The summed E-state index contributed by atoms with van der Waals surface area (Å²) in [5.74, 6) is 0.737.